The Balaban J connectivity index is 2.14. The summed E-state index contributed by atoms with van der Waals surface area (Å²) in [7, 11) is 0. The molecule has 3 rings (SSSR count). The van der Waals surface area contributed by atoms with Gasteiger partial charge >= 0.3 is 0 Å². The third kappa shape index (κ3) is 2.21. The second-order valence-corrected chi connectivity index (χ2v) is 5.41. The van der Waals surface area contributed by atoms with Crippen LogP contribution in [0.1, 0.15) is 30.7 Å². The smallest absolute Gasteiger partial charge is 0.145 e. The molecule has 2 aromatic rings. The second-order valence-electron chi connectivity index (χ2n) is 5.00. The van der Waals surface area contributed by atoms with Gasteiger partial charge in [0.25, 0.3) is 0 Å². The predicted octanol–water partition coefficient (Wildman–Crippen LogP) is 5.12. The monoisotopic (exact) mass is 276 g/mol. The summed E-state index contributed by atoms with van der Waals surface area (Å²) in [4.78, 5) is 0. The molecule has 0 radical (unpaired) electrons. The number of phenolic OH excluding ortho intramolecular Hbond substituents is 1. The molecule has 0 heterocycles. The van der Waals surface area contributed by atoms with E-state index < -0.39 is 5.82 Å². The van der Waals surface area contributed by atoms with E-state index in [4.69, 9.17) is 11.6 Å². The molecule has 19 heavy (non-hydrogen) atoms. The minimum Gasteiger partial charge on any atom is -0.507 e. The summed E-state index contributed by atoms with van der Waals surface area (Å²) in [6, 6.07) is 10.5. The Morgan fingerprint density at radius 2 is 1.84 bits per heavy atom. The van der Waals surface area contributed by atoms with E-state index >= 15 is 0 Å². The molecule has 1 nitrogen and oxygen atoms in total. The van der Waals surface area contributed by atoms with Crippen molar-refractivity contribution < 1.29 is 9.50 Å². The third-order valence-electron chi connectivity index (χ3n) is 3.83. The van der Waals surface area contributed by atoms with Crippen molar-refractivity contribution in [2.45, 2.75) is 25.2 Å². The van der Waals surface area contributed by atoms with Gasteiger partial charge in [-0.3, -0.25) is 0 Å². The predicted molar refractivity (Wildman–Crippen MR) is 75.1 cm³/mol. The van der Waals surface area contributed by atoms with E-state index in [1.165, 1.54) is 30.9 Å². The Morgan fingerprint density at radius 1 is 1.11 bits per heavy atom. The van der Waals surface area contributed by atoms with Gasteiger partial charge in [0, 0.05) is 11.6 Å². The van der Waals surface area contributed by atoms with Crippen LogP contribution < -0.4 is 0 Å². The average molecular weight is 277 g/mol. The van der Waals surface area contributed by atoms with E-state index in [-0.39, 0.29) is 10.8 Å². The molecule has 1 saturated carbocycles. The Labute approximate surface area is 116 Å². The van der Waals surface area contributed by atoms with Crippen LogP contribution in [0.3, 0.4) is 0 Å². The molecule has 0 unspecified atom stereocenters. The molecular formula is C16H14ClFO. The van der Waals surface area contributed by atoms with Crippen molar-refractivity contribution >= 4 is 11.6 Å². The summed E-state index contributed by atoms with van der Waals surface area (Å²) >= 11 is 5.83. The summed E-state index contributed by atoms with van der Waals surface area (Å²) < 4.78 is 13.3. The van der Waals surface area contributed by atoms with Crippen molar-refractivity contribution in [1.82, 2.24) is 0 Å². The molecule has 0 amide bonds. The topological polar surface area (TPSA) is 20.2 Å². The fourth-order valence-corrected chi connectivity index (χ4v) is 2.73. The van der Waals surface area contributed by atoms with Gasteiger partial charge in [0.15, 0.2) is 0 Å². The van der Waals surface area contributed by atoms with Crippen molar-refractivity contribution in [3.8, 4) is 16.9 Å². The number of halogens is 2. The maximum atomic E-state index is 13.3. The lowest BCUT2D eigenvalue weighted by molar-refractivity contribution is 0.420. The molecule has 3 heteroatoms. The van der Waals surface area contributed by atoms with Crippen molar-refractivity contribution in [3.63, 3.8) is 0 Å². The zero-order valence-corrected chi connectivity index (χ0v) is 11.1. The highest BCUT2D eigenvalue weighted by molar-refractivity contribution is 6.31. The third-order valence-corrected chi connectivity index (χ3v) is 4.12. The van der Waals surface area contributed by atoms with Crippen LogP contribution in [-0.4, -0.2) is 5.11 Å². The Morgan fingerprint density at radius 3 is 2.53 bits per heavy atom. The van der Waals surface area contributed by atoms with Gasteiger partial charge in [-0.1, -0.05) is 42.3 Å². The summed E-state index contributed by atoms with van der Waals surface area (Å²) in [5, 5.41) is 10.0. The molecule has 1 N–H and O–H groups in total. The maximum absolute atomic E-state index is 13.3. The van der Waals surface area contributed by atoms with Crippen LogP contribution in [0.4, 0.5) is 4.39 Å². The lowest BCUT2D eigenvalue weighted by atomic mass is 9.77. The average Bonchev–Trinajstić information content (AvgIpc) is 2.33. The van der Waals surface area contributed by atoms with E-state index in [0.717, 1.165) is 11.6 Å². The first kappa shape index (κ1) is 12.5. The van der Waals surface area contributed by atoms with Crippen LogP contribution in [0, 0.1) is 5.82 Å². The van der Waals surface area contributed by atoms with Gasteiger partial charge in [-0.15, -0.1) is 0 Å². The summed E-state index contributed by atoms with van der Waals surface area (Å²) in [5.74, 6) is -0.114. The first-order valence-corrected chi connectivity index (χ1v) is 6.82. The van der Waals surface area contributed by atoms with Gasteiger partial charge in [0.1, 0.15) is 11.6 Å². The quantitative estimate of drug-likeness (QED) is 0.807. The van der Waals surface area contributed by atoms with Crippen molar-refractivity contribution in [3.05, 3.63) is 52.8 Å². The number of benzene rings is 2. The van der Waals surface area contributed by atoms with Gasteiger partial charge < -0.3 is 5.11 Å². The van der Waals surface area contributed by atoms with Gasteiger partial charge in [-0.05, 0) is 36.0 Å². The van der Waals surface area contributed by atoms with Crippen LogP contribution in [-0.2, 0) is 0 Å². The molecule has 0 saturated heterocycles. The number of phenols is 1. The molecule has 0 aromatic heterocycles. The fourth-order valence-electron chi connectivity index (χ4n) is 2.57. The summed E-state index contributed by atoms with van der Waals surface area (Å²) in [6.07, 6.45) is 3.59. The molecule has 1 fully saturated rings. The Hall–Kier alpha value is -1.54. The highest BCUT2D eigenvalue weighted by Gasteiger charge is 2.23. The number of hydrogen-bond donors (Lipinski definition) is 1. The minimum atomic E-state index is -0.593. The number of rotatable bonds is 2. The Bertz CT molecular complexity index is 620. The summed E-state index contributed by atoms with van der Waals surface area (Å²) in [6.45, 7) is 0. The van der Waals surface area contributed by atoms with Crippen molar-refractivity contribution in [2.75, 3.05) is 0 Å². The zero-order valence-electron chi connectivity index (χ0n) is 10.4. The molecular weight excluding hydrogens is 263 g/mol. The van der Waals surface area contributed by atoms with E-state index in [1.807, 2.05) is 18.2 Å². The van der Waals surface area contributed by atoms with Crippen molar-refractivity contribution in [1.29, 1.82) is 0 Å². The molecule has 0 aliphatic heterocycles. The van der Waals surface area contributed by atoms with Crippen LogP contribution in [0.5, 0.6) is 5.75 Å². The van der Waals surface area contributed by atoms with Crippen LogP contribution in [0.15, 0.2) is 36.4 Å². The number of hydrogen-bond acceptors (Lipinski definition) is 1. The highest BCUT2D eigenvalue weighted by atomic mass is 35.5. The molecule has 98 valence electrons. The van der Waals surface area contributed by atoms with Gasteiger partial charge in [0.05, 0.1) is 5.02 Å². The SMILES string of the molecule is Oc1cc(F)c(Cl)cc1-c1ccccc1C1CCC1. The van der Waals surface area contributed by atoms with Crippen LogP contribution in [0.2, 0.25) is 5.02 Å². The van der Waals surface area contributed by atoms with Gasteiger partial charge in [0.2, 0.25) is 0 Å². The van der Waals surface area contributed by atoms with Crippen LogP contribution >= 0.6 is 11.6 Å². The van der Waals surface area contributed by atoms with Crippen LogP contribution in [0.25, 0.3) is 11.1 Å². The molecule has 1 aliphatic rings. The first-order chi connectivity index (χ1) is 9.16. The van der Waals surface area contributed by atoms with E-state index in [9.17, 15) is 9.50 Å². The molecule has 0 bridgehead atoms. The largest absolute Gasteiger partial charge is 0.507 e. The minimum absolute atomic E-state index is 0.0382. The molecule has 2 aromatic carbocycles. The second kappa shape index (κ2) is 4.86. The van der Waals surface area contributed by atoms with E-state index in [1.54, 1.807) is 0 Å². The van der Waals surface area contributed by atoms with E-state index in [2.05, 4.69) is 6.07 Å². The van der Waals surface area contributed by atoms with Gasteiger partial charge in [-0.2, -0.15) is 0 Å². The first-order valence-electron chi connectivity index (χ1n) is 6.44. The number of aromatic hydroxyl groups is 1. The highest BCUT2D eigenvalue weighted by Crippen LogP contribution is 2.43. The standard InChI is InChI=1S/C16H14ClFO/c17-14-8-13(16(19)9-15(14)18)12-7-2-1-6-11(12)10-4-3-5-10/h1-2,6-10,19H,3-5H2. The van der Waals surface area contributed by atoms with Gasteiger partial charge in [-0.25, -0.2) is 4.39 Å². The lowest BCUT2D eigenvalue weighted by Crippen LogP contribution is -2.09. The Kier molecular flexibility index (Phi) is 3.19. The maximum Gasteiger partial charge on any atom is 0.145 e. The van der Waals surface area contributed by atoms with E-state index in [0.29, 0.717) is 11.5 Å². The molecule has 0 atom stereocenters. The molecule has 0 spiro atoms. The lowest BCUT2D eigenvalue weighted by Gasteiger charge is -2.28. The zero-order chi connectivity index (χ0) is 13.4. The normalized spacial score (nSPS) is 15.3. The molecule has 1 aliphatic carbocycles. The summed E-state index contributed by atoms with van der Waals surface area (Å²) in [5.41, 5.74) is 2.77. The van der Waals surface area contributed by atoms with Crippen molar-refractivity contribution in [2.24, 2.45) is 0 Å². The fraction of sp³-hybridized carbons (Fsp3) is 0.250.